The highest BCUT2D eigenvalue weighted by Gasteiger charge is 2.04. The minimum absolute atomic E-state index is 0.177. The van der Waals surface area contributed by atoms with Gasteiger partial charge in [-0.15, -0.1) is 0 Å². The largest absolute Gasteiger partial charge is 0.489 e. The van der Waals surface area contributed by atoms with Crippen molar-refractivity contribution in [2.45, 2.75) is 13.5 Å². The first-order valence-electron chi connectivity index (χ1n) is 5.83. The average molecular weight is 275 g/mol. The number of halogens is 1. The molecule has 0 aromatic heterocycles. The molecule has 2 N–H and O–H groups in total. The number of aryl methyl sites for hydroxylation is 1. The van der Waals surface area contributed by atoms with Crippen LogP contribution in [0.1, 0.15) is 16.7 Å². The van der Waals surface area contributed by atoms with Crippen molar-refractivity contribution in [3.63, 3.8) is 0 Å². The molecule has 2 aromatic rings. The minimum atomic E-state index is -0.368. The van der Waals surface area contributed by atoms with Crippen LogP contribution in [0.2, 0.25) is 0 Å². The Morgan fingerprint density at radius 3 is 2.53 bits per heavy atom. The Hall–Kier alpha value is -1.94. The fourth-order valence-corrected chi connectivity index (χ4v) is 1.80. The topological polar surface area (TPSA) is 35.2 Å². The Kier molecular flexibility index (Phi) is 4.12. The number of hydrogen-bond donors (Lipinski definition) is 1. The third kappa shape index (κ3) is 3.76. The standard InChI is InChI=1S/C15H14FNOS/c1-10-2-4-14(5-3-10)18-9-11-6-12(15(17)19)8-13(16)7-11/h2-8H,9H2,1H3,(H2,17,19). The zero-order chi connectivity index (χ0) is 13.8. The van der Waals surface area contributed by atoms with Crippen molar-refractivity contribution in [2.24, 2.45) is 5.73 Å². The molecule has 2 aromatic carbocycles. The van der Waals surface area contributed by atoms with E-state index in [-0.39, 0.29) is 17.4 Å². The predicted octanol–water partition coefficient (Wildman–Crippen LogP) is 3.35. The first-order valence-corrected chi connectivity index (χ1v) is 6.24. The van der Waals surface area contributed by atoms with Gasteiger partial charge >= 0.3 is 0 Å². The van der Waals surface area contributed by atoms with Crippen molar-refractivity contribution >= 4 is 17.2 Å². The lowest BCUT2D eigenvalue weighted by molar-refractivity contribution is 0.305. The summed E-state index contributed by atoms with van der Waals surface area (Å²) in [6.45, 7) is 2.28. The van der Waals surface area contributed by atoms with Gasteiger partial charge in [-0.3, -0.25) is 0 Å². The van der Waals surface area contributed by atoms with Gasteiger partial charge in [-0.2, -0.15) is 0 Å². The summed E-state index contributed by atoms with van der Waals surface area (Å²) in [7, 11) is 0. The van der Waals surface area contributed by atoms with E-state index in [1.807, 2.05) is 31.2 Å². The smallest absolute Gasteiger partial charge is 0.124 e. The number of benzene rings is 2. The van der Waals surface area contributed by atoms with Gasteiger partial charge in [0.2, 0.25) is 0 Å². The van der Waals surface area contributed by atoms with Crippen LogP contribution in [0, 0.1) is 12.7 Å². The van der Waals surface area contributed by atoms with Gasteiger partial charge in [0, 0.05) is 5.56 Å². The fraction of sp³-hybridized carbons (Fsp3) is 0.133. The van der Waals surface area contributed by atoms with Gasteiger partial charge in [-0.1, -0.05) is 29.9 Å². The summed E-state index contributed by atoms with van der Waals surface area (Å²) in [5.74, 6) is 0.375. The van der Waals surface area contributed by atoms with E-state index < -0.39 is 0 Å². The van der Waals surface area contributed by atoms with Crippen molar-refractivity contribution in [1.82, 2.24) is 0 Å². The molecule has 4 heteroatoms. The number of ether oxygens (including phenoxy) is 1. The molecule has 2 nitrogen and oxygen atoms in total. The fourth-order valence-electron chi connectivity index (χ4n) is 1.68. The Labute approximate surface area is 117 Å². The maximum Gasteiger partial charge on any atom is 0.124 e. The minimum Gasteiger partial charge on any atom is -0.489 e. The molecule has 0 radical (unpaired) electrons. The molecule has 2 rings (SSSR count). The molecule has 0 saturated carbocycles. The summed E-state index contributed by atoms with van der Waals surface area (Å²) in [5.41, 5.74) is 7.87. The van der Waals surface area contributed by atoms with Gasteiger partial charge in [-0.05, 0) is 42.8 Å². The van der Waals surface area contributed by atoms with Crippen LogP contribution >= 0.6 is 12.2 Å². The second kappa shape index (κ2) is 5.80. The lowest BCUT2D eigenvalue weighted by Gasteiger charge is -2.08. The van der Waals surface area contributed by atoms with E-state index in [0.29, 0.717) is 11.1 Å². The van der Waals surface area contributed by atoms with E-state index in [2.05, 4.69) is 0 Å². The summed E-state index contributed by atoms with van der Waals surface area (Å²) in [6.07, 6.45) is 0. The van der Waals surface area contributed by atoms with Gasteiger partial charge < -0.3 is 10.5 Å². The average Bonchev–Trinajstić information content (AvgIpc) is 2.37. The molecule has 0 bridgehead atoms. The van der Waals surface area contributed by atoms with Crippen LogP contribution in [0.5, 0.6) is 5.75 Å². The van der Waals surface area contributed by atoms with E-state index in [1.54, 1.807) is 6.07 Å². The number of thiocarbonyl (C=S) groups is 1. The maximum absolute atomic E-state index is 13.4. The molecule has 98 valence electrons. The van der Waals surface area contributed by atoms with Crippen molar-refractivity contribution in [1.29, 1.82) is 0 Å². The first-order chi connectivity index (χ1) is 9.04. The zero-order valence-corrected chi connectivity index (χ0v) is 11.3. The molecular weight excluding hydrogens is 261 g/mol. The highest BCUT2D eigenvalue weighted by molar-refractivity contribution is 7.80. The van der Waals surface area contributed by atoms with Crippen LogP contribution in [0.25, 0.3) is 0 Å². The van der Waals surface area contributed by atoms with Gasteiger partial charge in [0.05, 0.1) is 0 Å². The second-order valence-electron chi connectivity index (χ2n) is 4.31. The van der Waals surface area contributed by atoms with Crippen molar-refractivity contribution in [2.75, 3.05) is 0 Å². The Bertz CT molecular complexity index is 596. The summed E-state index contributed by atoms with van der Waals surface area (Å²) in [4.78, 5) is 0.177. The normalized spacial score (nSPS) is 10.2. The molecule has 0 unspecified atom stereocenters. The molecule has 0 aliphatic heterocycles. The van der Waals surface area contributed by atoms with E-state index >= 15 is 0 Å². The molecule has 0 atom stereocenters. The van der Waals surface area contributed by atoms with Crippen LogP contribution in [0.4, 0.5) is 4.39 Å². The van der Waals surface area contributed by atoms with Gasteiger partial charge in [0.1, 0.15) is 23.2 Å². The summed E-state index contributed by atoms with van der Waals surface area (Å²) >= 11 is 4.84. The molecule has 0 amide bonds. The number of rotatable bonds is 4. The van der Waals surface area contributed by atoms with Gasteiger partial charge in [0.25, 0.3) is 0 Å². The SMILES string of the molecule is Cc1ccc(OCc2cc(F)cc(C(N)=S)c2)cc1. The summed E-state index contributed by atoms with van der Waals surface area (Å²) in [6, 6.07) is 12.1. The van der Waals surface area contributed by atoms with Crippen LogP contribution in [-0.2, 0) is 6.61 Å². The second-order valence-corrected chi connectivity index (χ2v) is 4.75. The third-order valence-corrected chi connectivity index (χ3v) is 2.90. The molecule has 0 fully saturated rings. The molecule has 19 heavy (non-hydrogen) atoms. The quantitative estimate of drug-likeness (QED) is 0.869. The molecule has 0 aliphatic rings. The van der Waals surface area contributed by atoms with Crippen LogP contribution in [0.3, 0.4) is 0 Å². The maximum atomic E-state index is 13.4. The molecule has 0 heterocycles. The zero-order valence-electron chi connectivity index (χ0n) is 10.5. The molecular formula is C15H14FNOS. The molecule has 0 spiro atoms. The van der Waals surface area contributed by atoms with Gasteiger partial charge in [-0.25, -0.2) is 4.39 Å². The van der Waals surface area contributed by atoms with Crippen LogP contribution in [-0.4, -0.2) is 4.99 Å². The third-order valence-electron chi connectivity index (χ3n) is 2.67. The monoisotopic (exact) mass is 275 g/mol. The van der Waals surface area contributed by atoms with Crippen LogP contribution < -0.4 is 10.5 Å². The van der Waals surface area contributed by atoms with E-state index in [0.717, 1.165) is 11.3 Å². The van der Waals surface area contributed by atoms with E-state index in [4.69, 9.17) is 22.7 Å². The number of hydrogen-bond acceptors (Lipinski definition) is 2. The number of nitrogens with two attached hydrogens (primary N) is 1. The summed E-state index contributed by atoms with van der Waals surface area (Å²) < 4.78 is 19.0. The van der Waals surface area contributed by atoms with Crippen LogP contribution in [0.15, 0.2) is 42.5 Å². The highest BCUT2D eigenvalue weighted by Crippen LogP contribution is 2.15. The Morgan fingerprint density at radius 2 is 1.89 bits per heavy atom. The highest BCUT2D eigenvalue weighted by atomic mass is 32.1. The van der Waals surface area contributed by atoms with Crippen molar-refractivity contribution in [3.8, 4) is 5.75 Å². The summed E-state index contributed by atoms with van der Waals surface area (Å²) in [5, 5.41) is 0. The van der Waals surface area contributed by atoms with Crippen molar-refractivity contribution < 1.29 is 9.13 Å². The lowest BCUT2D eigenvalue weighted by Crippen LogP contribution is -2.10. The molecule has 0 aliphatic carbocycles. The van der Waals surface area contributed by atoms with Crippen molar-refractivity contribution in [3.05, 3.63) is 65.0 Å². The Morgan fingerprint density at radius 1 is 1.21 bits per heavy atom. The van der Waals surface area contributed by atoms with E-state index in [9.17, 15) is 4.39 Å². The van der Waals surface area contributed by atoms with E-state index in [1.165, 1.54) is 12.1 Å². The predicted molar refractivity (Wildman–Crippen MR) is 77.8 cm³/mol. The Balaban J connectivity index is 2.11. The molecule has 0 saturated heterocycles. The van der Waals surface area contributed by atoms with Gasteiger partial charge in [0.15, 0.2) is 0 Å². The lowest BCUT2D eigenvalue weighted by atomic mass is 10.1. The first kappa shape index (κ1) is 13.5.